The van der Waals surface area contributed by atoms with E-state index in [0.29, 0.717) is 11.6 Å². The molecular weight excluding hydrogens is 246 g/mol. The Bertz CT molecular complexity index is 549. The van der Waals surface area contributed by atoms with Crippen LogP contribution >= 0.6 is 11.6 Å². The molecule has 0 aliphatic rings. The van der Waals surface area contributed by atoms with Gasteiger partial charge in [-0.25, -0.2) is 0 Å². The standard InChI is InChI=1S/C15H16ClNO/c1-10-7-12(11(2)15(17)8-10)9-18-14-5-3-13(16)4-6-14/h3-8H,9,17H2,1-2H3. The van der Waals surface area contributed by atoms with Gasteiger partial charge in [0, 0.05) is 10.7 Å². The number of nitrogen functional groups attached to an aromatic ring is 1. The zero-order chi connectivity index (χ0) is 13.1. The van der Waals surface area contributed by atoms with Crippen LogP contribution in [0.4, 0.5) is 5.69 Å². The third kappa shape index (κ3) is 2.96. The van der Waals surface area contributed by atoms with Crippen LogP contribution in [0.25, 0.3) is 0 Å². The number of ether oxygens (including phenoxy) is 1. The van der Waals surface area contributed by atoms with Crippen LogP contribution in [-0.2, 0) is 6.61 Å². The van der Waals surface area contributed by atoms with Crippen LogP contribution in [-0.4, -0.2) is 0 Å². The van der Waals surface area contributed by atoms with Gasteiger partial charge in [0.2, 0.25) is 0 Å². The quantitative estimate of drug-likeness (QED) is 0.844. The number of hydrogen-bond acceptors (Lipinski definition) is 2. The van der Waals surface area contributed by atoms with E-state index in [1.165, 1.54) is 0 Å². The van der Waals surface area contributed by atoms with Gasteiger partial charge in [-0.3, -0.25) is 0 Å². The van der Waals surface area contributed by atoms with Crippen LogP contribution in [0, 0.1) is 13.8 Å². The molecule has 0 aliphatic heterocycles. The summed E-state index contributed by atoms with van der Waals surface area (Å²) in [6.45, 7) is 4.55. The van der Waals surface area contributed by atoms with Crippen molar-refractivity contribution in [2.75, 3.05) is 5.73 Å². The second-order valence-corrected chi connectivity index (χ2v) is 4.82. The lowest BCUT2D eigenvalue weighted by Crippen LogP contribution is -2.01. The molecule has 18 heavy (non-hydrogen) atoms. The molecule has 2 nitrogen and oxygen atoms in total. The fourth-order valence-electron chi connectivity index (χ4n) is 1.81. The van der Waals surface area contributed by atoms with Crippen LogP contribution < -0.4 is 10.5 Å². The third-order valence-electron chi connectivity index (χ3n) is 2.91. The lowest BCUT2D eigenvalue weighted by molar-refractivity contribution is 0.305. The minimum Gasteiger partial charge on any atom is -0.489 e. The minimum absolute atomic E-state index is 0.513. The molecule has 2 N–H and O–H groups in total. The van der Waals surface area contributed by atoms with Crippen molar-refractivity contribution in [3.8, 4) is 5.75 Å². The zero-order valence-electron chi connectivity index (χ0n) is 10.5. The van der Waals surface area contributed by atoms with Gasteiger partial charge in [-0.05, 0) is 60.9 Å². The van der Waals surface area contributed by atoms with Crippen molar-refractivity contribution in [2.45, 2.75) is 20.5 Å². The monoisotopic (exact) mass is 261 g/mol. The fraction of sp³-hybridized carbons (Fsp3) is 0.200. The maximum atomic E-state index is 5.94. The molecule has 0 bridgehead atoms. The molecule has 94 valence electrons. The summed E-state index contributed by atoms with van der Waals surface area (Å²) in [6.07, 6.45) is 0. The molecule has 0 unspecified atom stereocenters. The number of rotatable bonds is 3. The van der Waals surface area contributed by atoms with Crippen LogP contribution in [0.1, 0.15) is 16.7 Å². The van der Waals surface area contributed by atoms with Gasteiger partial charge < -0.3 is 10.5 Å². The van der Waals surface area contributed by atoms with Gasteiger partial charge in [-0.15, -0.1) is 0 Å². The van der Waals surface area contributed by atoms with E-state index in [2.05, 4.69) is 6.07 Å². The third-order valence-corrected chi connectivity index (χ3v) is 3.16. The molecule has 0 aliphatic carbocycles. The van der Waals surface area contributed by atoms with Gasteiger partial charge >= 0.3 is 0 Å². The highest BCUT2D eigenvalue weighted by atomic mass is 35.5. The Hall–Kier alpha value is -1.67. The Morgan fingerprint density at radius 3 is 2.44 bits per heavy atom. The molecule has 2 aromatic rings. The van der Waals surface area contributed by atoms with Crippen LogP contribution in [0.2, 0.25) is 5.02 Å². The van der Waals surface area contributed by atoms with Crippen molar-refractivity contribution in [2.24, 2.45) is 0 Å². The number of benzene rings is 2. The van der Waals surface area contributed by atoms with E-state index in [4.69, 9.17) is 22.1 Å². The molecule has 0 radical (unpaired) electrons. The van der Waals surface area contributed by atoms with Gasteiger partial charge in [0.25, 0.3) is 0 Å². The van der Waals surface area contributed by atoms with Gasteiger partial charge in [-0.2, -0.15) is 0 Å². The number of hydrogen-bond donors (Lipinski definition) is 1. The lowest BCUT2D eigenvalue weighted by atomic mass is 10.0. The molecule has 0 heterocycles. The summed E-state index contributed by atoms with van der Waals surface area (Å²) in [6, 6.07) is 11.4. The highest BCUT2D eigenvalue weighted by molar-refractivity contribution is 6.30. The lowest BCUT2D eigenvalue weighted by Gasteiger charge is -2.11. The van der Waals surface area contributed by atoms with Gasteiger partial charge in [0.15, 0.2) is 0 Å². The van der Waals surface area contributed by atoms with E-state index in [-0.39, 0.29) is 0 Å². The Kier molecular flexibility index (Phi) is 3.78. The van der Waals surface area contributed by atoms with Gasteiger partial charge in [0.05, 0.1) is 0 Å². The predicted octanol–water partition coefficient (Wildman–Crippen LogP) is 4.12. The van der Waals surface area contributed by atoms with E-state index < -0.39 is 0 Å². The normalized spacial score (nSPS) is 10.4. The SMILES string of the molecule is Cc1cc(N)c(C)c(COc2ccc(Cl)cc2)c1. The zero-order valence-corrected chi connectivity index (χ0v) is 11.3. The van der Waals surface area contributed by atoms with Crippen molar-refractivity contribution in [1.29, 1.82) is 0 Å². The summed E-state index contributed by atoms with van der Waals surface area (Å²) in [5.74, 6) is 0.805. The second-order valence-electron chi connectivity index (χ2n) is 4.38. The summed E-state index contributed by atoms with van der Waals surface area (Å²) < 4.78 is 5.72. The largest absolute Gasteiger partial charge is 0.489 e. The molecular formula is C15H16ClNO. The van der Waals surface area contributed by atoms with Crippen LogP contribution in [0.3, 0.4) is 0 Å². The van der Waals surface area contributed by atoms with E-state index in [0.717, 1.165) is 28.1 Å². The van der Waals surface area contributed by atoms with Gasteiger partial charge in [0.1, 0.15) is 12.4 Å². The summed E-state index contributed by atoms with van der Waals surface area (Å²) >= 11 is 5.82. The molecule has 3 heteroatoms. The first-order valence-electron chi connectivity index (χ1n) is 5.80. The van der Waals surface area contributed by atoms with Crippen molar-refractivity contribution in [3.05, 3.63) is 58.1 Å². The average Bonchev–Trinajstić information content (AvgIpc) is 2.34. The van der Waals surface area contributed by atoms with Crippen molar-refractivity contribution >= 4 is 17.3 Å². The van der Waals surface area contributed by atoms with Crippen molar-refractivity contribution in [3.63, 3.8) is 0 Å². The maximum Gasteiger partial charge on any atom is 0.119 e. The first-order valence-corrected chi connectivity index (χ1v) is 6.18. The molecule has 0 amide bonds. The molecule has 0 saturated heterocycles. The van der Waals surface area contributed by atoms with Crippen molar-refractivity contribution < 1.29 is 4.74 Å². The molecule has 0 aromatic heterocycles. The van der Waals surface area contributed by atoms with E-state index >= 15 is 0 Å². The second kappa shape index (κ2) is 5.32. The molecule has 0 spiro atoms. The van der Waals surface area contributed by atoms with E-state index in [1.807, 2.05) is 44.2 Å². The van der Waals surface area contributed by atoms with Crippen molar-refractivity contribution in [1.82, 2.24) is 0 Å². The molecule has 0 saturated carbocycles. The average molecular weight is 262 g/mol. The summed E-state index contributed by atoms with van der Waals surface area (Å²) in [5, 5.41) is 0.707. The number of nitrogens with two attached hydrogens (primary N) is 1. The highest BCUT2D eigenvalue weighted by Crippen LogP contribution is 2.21. The van der Waals surface area contributed by atoms with Crippen LogP contribution in [0.5, 0.6) is 5.75 Å². The Morgan fingerprint density at radius 1 is 1.11 bits per heavy atom. The van der Waals surface area contributed by atoms with Crippen LogP contribution in [0.15, 0.2) is 36.4 Å². The molecule has 2 aromatic carbocycles. The summed E-state index contributed by atoms with van der Waals surface area (Å²) in [5.41, 5.74) is 10.1. The molecule has 0 fully saturated rings. The number of aryl methyl sites for hydroxylation is 1. The summed E-state index contributed by atoms with van der Waals surface area (Å²) in [7, 11) is 0. The highest BCUT2D eigenvalue weighted by Gasteiger charge is 2.04. The van der Waals surface area contributed by atoms with Gasteiger partial charge in [-0.1, -0.05) is 17.7 Å². The Labute approximate surface area is 112 Å². The Balaban J connectivity index is 2.13. The Morgan fingerprint density at radius 2 is 1.78 bits per heavy atom. The minimum atomic E-state index is 0.513. The predicted molar refractivity (Wildman–Crippen MR) is 76.1 cm³/mol. The molecule has 2 rings (SSSR count). The first-order chi connectivity index (χ1) is 8.56. The molecule has 0 atom stereocenters. The maximum absolute atomic E-state index is 5.94. The smallest absolute Gasteiger partial charge is 0.119 e. The van der Waals surface area contributed by atoms with E-state index in [9.17, 15) is 0 Å². The number of halogens is 1. The summed E-state index contributed by atoms with van der Waals surface area (Å²) in [4.78, 5) is 0. The fourth-order valence-corrected chi connectivity index (χ4v) is 1.93. The van der Waals surface area contributed by atoms with E-state index in [1.54, 1.807) is 0 Å². The first kappa shape index (κ1) is 12.8. The topological polar surface area (TPSA) is 35.2 Å². The number of anilines is 1.